The number of aryl methyl sites for hydroxylation is 1. The summed E-state index contributed by atoms with van der Waals surface area (Å²) < 4.78 is 0. The number of carbonyl (C=O) groups is 1. The highest BCUT2D eigenvalue weighted by atomic mass is 16.2. The highest BCUT2D eigenvalue weighted by Crippen LogP contribution is 2.27. The largest absolute Gasteiger partial charge is 0.316 e. The summed E-state index contributed by atoms with van der Waals surface area (Å²) in [5.41, 5.74) is 8.79. The van der Waals surface area contributed by atoms with Gasteiger partial charge in [-0.3, -0.25) is 4.79 Å². The van der Waals surface area contributed by atoms with E-state index in [9.17, 15) is 4.79 Å². The molecule has 0 aliphatic carbocycles. The molecule has 17 heavy (non-hydrogen) atoms. The average Bonchev–Trinajstić information content (AvgIpc) is 2.34. The quantitative estimate of drug-likeness (QED) is 0.822. The molecule has 0 fully saturated rings. The lowest BCUT2D eigenvalue weighted by Gasteiger charge is -2.26. The zero-order valence-electron chi connectivity index (χ0n) is 9.81. The molecule has 2 N–H and O–H groups in total. The molecule has 4 heteroatoms. The van der Waals surface area contributed by atoms with Gasteiger partial charge in [-0.05, 0) is 23.6 Å². The van der Waals surface area contributed by atoms with Crippen LogP contribution in [0, 0.1) is 11.3 Å². The molecule has 0 radical (unpaired) electrons. The molecule has 1 amide bonds. The SMILES string of the molecule is CN1C(=O)CCc2cc(CC(N)C#N)ccc21. The van der Waals surface area contributed by atoms with Gasteiger partial charge in [0.05, 0.1) is 12.1 Å². The van der Waals surface area contributed by atoms with E-state index in [0.717, 1.165) is 23.2 Å². The fourth-order valence-electron chi connectivity index (χ4n) is 2.14. The van der Waals surface area contributed by atoms with Crippen molar-refractivity contribution in [2.45, 2.75) is 25.3 Å². The molecule has 1 atom stereocenters. The summed E-state index contributed by atoms with van der Waals surface area (Å²) in [6.45, 7) is 0. The lowest BCUT2D eigenvalue weighted by Crippen LogP contribution is -2.31. The molecule has 1 unspecified atom stereocenters. The molecule has 0 bridgehead atoms. The van der Waals surface area contributed by atoms with Gasteiger partial charge < -0.3 is 10.6 Å². The van der Waals surface area contributed by atoms with Gasteiger partial charge in [-0.15, -0.1) is 0 Å². The van der Waals surface area contributed by atoms with Gasteiger partial charge in [0, 0.05) is 25.6 Å². The van der Waals surface area contributed by atoms with Gasteiger partial charge in [0.25, 0.3) is 0 Å². The molecule has 1 heterocycles. The second kappa shape index (κ2) is 4.56. The second-order valence-electron chi connectivity index (χ2n) is 4.36. The third-order valence-electron chi connectivity index (χ3n) is 3.11. The van der Waals surface area contributed by atoms with Crippen LogP contribution in [-0.4, -0.2) is 19.0 Å². The first kappa shape index (κ1) is 11.6. The van der Waals surface area contributed by atoms with Crippen LogP contribution in [0.5, 0.6) is 0 Å². The summed E-state index contributed by atoms with van der Waals surface area (Å²) in [6.07, 6.45) is 1.88. The number of nitriles is 1. The number of carbonyl (C=O) groups excluding carboxylic acids is 1. The Morgan fingerprint density at radius 2 is 2.29 bits per heavy atom. The number of fused-ring (bicyclic) bond motifs is 1. The van der Waals surface area contributed by atoms with Crippen LogP contribution < -0.4 is 10.6 Å². The van der Waals surface area contributed by atoms with Crippen LogP contribution in [-0.2, 0) is 17.6 Å². The normalized spacial score (nSPS) is 16.3. The number of hydrogen-bond acceptors (Lipinski definition) is 3. The van der Waals surface area contributed by atoms with E-state index in [-0.39, 0.29) is 5.91 Å². The molecule has 88 valence electrons. The van der Waals surface area contributed by atoms with Crippen molar-refractivity contribution in [3.8, 4) is 6.07 Å². The van der Waals surface area contributed by atoms with E-state index < -0.39 is 6.04 Å². The van der Waals surface area contributed by atoms with Gasteiger partial charge >= 0.3 is 0 Å². The average molecular weight is 229 g/mol. The van der Waals surface area contributed by atoms with E-state index in [2.05, 4.69) is 6.07 Å². The van der Waals surface area contributed by atoms with E-state index in [1.807, 2.05) is 18.2 Å². The molecule has 2 rings (SSSR count). The number of nitrogens with zero attached hydrogens (tertiary/aromatic N) is 2. The fraction of sp³-hybridized carbons (Fsp3) is 0.385. The minimum absolute atomic E-state index is 0.152. The standard InChI is InChI=1S/C13H15N3O/c1-16-12-4-2-9(7-11(15)8-14)6-10(12)3-5-13(16)17/h2,4,6,11H,3,5,7,15H2,1H3. The van der Waals surface area contributed by atoms with Crippen molar-refractivity contribution < 1.29 is 4.79 Å². The minimum Gasteiger partial charge on any atom is -0.316 e. The lowest BCUT2D eigenvalue weighted by molar-refractivity contribution is -0.118. The Morgan fingerprint density at radius 1 is 1.53 bits per heavy atom. The first-order valence-corrected chi connectivity index (χ1v) is 5.65. The molecular weight excluding hydrogens is 214 g/mol. The van der Waals surface area contributed by atoms with Crippen LogP contribution in [0.4, 0.5) is 5.69 Å². The Balaban J connectivity index is 2.27. The Hall–Kier alpha value is -1.86. The number of benzene rings is 1. The summed E-state index contributed by atoms with van der Waals surface area (Å²) in [5.74, 6) is 0.152. The first-order valence-electron chi connectivity index (χ1n) is 5.65. The van der Waals surface area contributed by atoms with Crippen molar-refractivity contribution in [3.63, 3.8) is 0 Å². The van der Waals surface area contributed by atoms with E-state index in [1.165, 1.54) is 0 Å². The van der Waals surface area contributed by atoms with Crippen LogP contribution >= 0.6 is 0 Å². The van der Waals surface area contributed by atoms with Crippen LogP contribution in [0.2, 0.25) is 0 Å². The first-order chi connectivity index (χ1) is 8.11. The van der Waals surface area contributed by atoms with Gasteiger partial charge in [-0.25, -0.2) is 0 Å². The van der Waals surface area contributed by atoms with Gasteiger partial charge in [0.15, 0.2) is 0 Å². The number of nitrogens with two attached hydrogens (primary N) is 1. The number of hydrogen-bond donors (Lipinski definition) is 1. The molecule has 0 spiro atoms. The maximum atomic E-state index is 11.5. The number of amides is 1. The zero-order valence-corrected chi connectivity index (χ0v) is 9.81. The maximum absolute atomic E-state index is 11.5. The fourth-order valence-corrected chi connectivity index (χ4v) is 2.14. The summed E-state index contributed by atoms with van der Waals surface area (Å²) in [4.78, 5) is 13.2. The van der Waals surface area contributed by atoms with Crippen molar-refractivity contribution in [2.24, 2.45) is 5.73 Å². The second-order valence-corrected chi connectivity index (χ2v) is 4.36. The summed E-state index contributed by atoms with van der Waals surface area (Å²) >= 11 is 0. The molecule has 1 aliphatic rings. The third kappa shape index (κ3) is 2.29. The predicted octanol–water partition coefficient (Wildman–Crippen LogP) is 0.989. The molecule has 1 aromatic carbocycles. The van der Waals surface area contributed by atoms with Crippen molar-refractivity contribution in [1.82, 2.24) is 0 Å². The molecule has 0 saturated carbocycles. The molecular formula is C13H15N3O. The predicted molar refractivity (Wildman–Crippen MR) is 65.5 cm³/mol. The van der Waals surface area contributed by atoms with E-state index in [1.54, 1.807) is 11.9 Å². The minimum atomic E-state index is -0.462. The Bertz CT molecular complexity index is 490. The summed E-state index contributed by atoms with van der Waals surface area (Å²) in [6, 6.07) is 7.48. The van der Waals surface area contributed by atoms with Crippen LogP contribution in [0.1, 0.15) is 17.5 Å². The van der Waals surface area contributed by atoms with E-state index in [0.29, 0.717) is 12.8 Å². The summed E-state index contributed by atoms with van der Waals surface area (Å²) in [5, 5.41) is 8.68. The van der Waals surface area contributed by atoms with Gasteiger partial charge in [0.1, 0.15) is 0 Å². The topological polar surface area (TPSA) is 70.1 Å². The maximum Gasteiger partial charge on any atom is 0.227 e. The molecule has 4 nitrogen and oxygen atoms in total. The van der Waals surface area contributed by atoms with E-state index in [4.69, 9.17) is 11.0 Å². The van der Waals surface area contributed by atoms with Crippen LogP contribution in [0.25, 0.3) is 0 Å². The monoisotopic (exact) mass is 229 g/mol. The molecule has 0 aromatic heterocycles. The van der Waals surface area contributed by atoms with Gasteiger partial charge in [-0.1, -0.05) is 12.1 Å². The zero-order chi connectivity index (χ0) is 12.4. The number of rotatable bonds is 2. The Labute approximate surface area is 101 Å². The molecule has 1 aromatic rings. The summed E-state index contributed by atoms with van der Waals surface area (Å²) in [7, 11) is 1.79. The van der Waals surface area contributed by atoms with Crippen molar-refractivity contribution in [3.05, 3.63) is 29.3 Å². The van der Waals surface area contributed by atoms with Crippen LogP contribution in [0.3, 0.4) is 0 Å². The van der Waals surface area contributed by atoms with Crippen molar-refractivity contribution in [2.75, 3.05) is 11.9 Å². The number of anilines is 1. The molecule has 1 aliphatic heterocycles. The van der Waals surface area contributed by atoms with Crippen LogP contribution in [0.15, 0.2) is 18.2 Å². The van der Waals surface area contributed by atoms with Crippen molar-refractivity contribution >= 4 is 11.6 Å². The lowest BCUT2D eigenvalue weighted by atomic mass is 9.97. The third-order valence-corrected chi connectivity index (χ3v) is 3.11. The van der Waals surface area contributed by atoms with Gasteiger partial charge in [0.2, 0.25) is 5.91 Å². The van der Waals surface area contributed by atoms with Crippen molar-refractivity contribution in [1.29, 1.82) is 5.26 Å². The molecule has 0 saturated heterocycles. The Kier molecular flexibility index (Phi) is 3.12. The highest BCUT2D eigenvalue weighted by Gasteiger charge is 2.20. The van der Waals surface area contributed by atoms with Gasteiger partial charge in [-0.2, -0.15) is 5.26 Å². The van der Waals surface area contributed by atoms with E-state index >= 15 is 0 Å². The smallest absolute Gasteiger partial charge is 0.227 e. The highest BCUT2D eigenvalue weighted by molar-refractivity contribution is 5.95. The Morgan fingerprint density at radius 3 is 3.00 bits per heavy atom.